The summed E-state index contributed by atoms with van der Waals surface area (Å²) in [4.78, 5) is 14.8. The number of likely N-dealkylation sites (tertiary alicyclic amines) is 1. The molecular weight excluding hydrogens is 414 g/mol. The fourth-order valence-electron chi connectivity index (χ4n) is 4.39. The number of hydrogen-bond acceptors (Lipinski definition) is 4. The van der Waals surface area contributed by atoms with Crippen LogP contribution in [0.25, 0.3) is 0 Å². The lowest BCUT2D eigenvalue weighted by Gasteiger charge is -2.30. The Morgan fingerprint density at radius 2 is 1.77 bits per heavy atom. The second-order valence-electron chi connectivity index (χ2n) is 7.92. The van der Waals surface area contributed by atoms with Crippen LogP contribution >= 0.6 is 0 Å². The highest BCUT2D eigenvalue weighted by atomic mass is 32.2. The molecule has 2 aromatic carbocycles. The average molecular weight is 444 g/mol. The number of rotatable bonds is 3. The minimum atomic E-state index is -3.66. The predicted molar refractivity (Wildman–Crippen MR) is 120 cm³/mol. The predicted octanol–water partition coefficient (Wildman–Crippen LogP) is 3.72. The van der Waals surface area contributed by atoms with Gasteiger partial charge in [0.2, 0.25) is 10.0 Å². The van der Waals surface area contributed by atoms with E-state index in [1.807, 2.05) is 31.2 Å². The number of anilines is 1. The van der Waals surface area contributed by atoms with Crippen LogP contribution < -0.4 is 10.1 Å². The smallest absolute Gasteiger partial charge is 0.321 e. The normalized spacial score (nSPS) is 23.0. The van der Waals surface area contributed by atoms with Gasteiger partial charge in [0, 0.05) is 31.7 Å². The second-order valence-corrected chi connectivity index (χ2v) is 9.78. The summed E-state index contributed by atoms with van der Waals surface area (Å²) in [6, 6.07) is 14.1. The van der Waals surface area contributed by atoms with Crippen molar-refractivity contribution in [2.45, 2.75) is 50.2 Å². The molecule has 0 spiro atoms. The Balaban J connectivity index is 1.53. The van der Waals surface area contributed by atoms with Gasteiger partial charge in [-0.25, -0.2) is 13.2 Å². The Morgan fingerprint density at radius 3 is 2.48 bits per heavy atom. The lowest BCUT2D eigenvalue weighted by atomic mass is 10.1. The molecule has 7 nitrogen and oxygen atoms in total. The highest BCUT2D eigenvalue weighted by molar-refractivity contribution is 7.89. The number of para-hydroxylation sites is 1. The summed E-state index contributed by atoms with van der Waals surface area (Å²) < 4.78 is 34.3. The van der Waals surface area contributed by atoms with Gasteiger partial charge in [-0.1, -0.05) is 38.1 Å². The summed E-state index contributed by atoms with van der Waals surface area (Å²) in [5.41, 5.74) is 1.97. The molecule has 1 fully saturated rings. The topological polar surface area (TPSA) is 79.0 Å². The van der Waals surface area contributed by atoms with Crippen molar-refractivity contribution in [1.82, 2.24) is 9.21 Å². The van der Waals surface area contributed by atoms with Crippen molar-refractivity contribution in [3.63, 3.8) is 0 Å². The maximum Gasteiger partial charge on any atom is 0.321 e. The molecule has 0 aliphatic carbocycles. The minimum absolute atomic E-state index is 0.174. The number of aryl methyl sites for hydroxylation is 1. The number of hydrogen-bond donors (Lipinski definition) is 1. The monoisotopic (exact) mass is 443 g/mol. The standard InChI is InChI=1S/C23H29N3O4S/c1-3-17-9-11-18(12-10-17)24-23(27)25-15-13-19-20(14-16-25)30-21-7-5-6-8-22(21)31(28,29)26(19)4-2/h5-12,19-20H,3-4,13-16H2,1-2H3,(H,24,27)/t19-,20-/m0/s1. The van der Waals surface area contributed by atoms with Crippen LogP contribution in [-0.2, 0) is 16.4 Å². The fraction of sp³-hybridized carbons (Fsp3) is 0.435. The van der Waals surface area contributed by atoms with Crippen molar-refractivity contribution in [2.24, 2.45) is 0 Å². The molecule has 8 heteroatoms. The van der Waals surface area contributed by atoms with Crippen LogP contribution in [0.5, 0.6) is 5.75 Å². The third-order valence-electron chi connectivity index (χ3n) is 6.10. The summed E-state index contributed by atoms with van der Waals surface area (Å²) >= 11 is 0. The van der Waals surface area contributed by atoms with Crippen molar-refractivity contribution >= 4 is 21.7 Å². The molecule has 2 aliphatic heterocycles. The van der Waals surface area contributed by atoms with Crippen LogP contribution in [-0.4, -0.2) is 55.4 Å². The highest BCUT2D eigenvalue weighted by Crippen LogP contribution is 2.36. The zero-order valence-electron chi connectivity index (χ0n) is 18.0. The van der Waals surface area contributed by atoms with E-state index >= 15 is 0 Å². The molecular formula is C23H29N3O4S. The molecule has 31 heavy (non-hydrogen) atoms. The third-order valence-corrected chi connectivity index (χ3v) is 8.14. The quantitative estimate of drug-likeness (QED) is 0.784. The van der Waals surface area contributed by atoms with Gasteiger partial charge in [-0.05, 0) is 42.7 Å². The zero-order valence-corrected chi connectivity index (χ0v) is 18.8. The van der Waals surface area contributed by atoms with Crippen LogP contribution in [0.1, 0.15) is 32.3 Å². The van der Waals surface area contributed by atoms with Gasteiger partial charge in [0.1, 0.15) is 16.7 Å². The second kappa shape index (κ2) is 8.88. The third kappa shape index (κ3) is 4.27. The Morgan fingerprint density at radius 1 is 1.06 bits per heavy atom. The van der Waals surface area contributed by atoms with Gasteiger partial charge in [-0.2, -0.15) is 4.31 Å². The lowest BCUT2D eigenvalue weighted by molar-refractivity contribution is 0.115. The molecule has 2 heterocycles. The summed E-state index contributed by atoms with van der Waals surface area (Å²) in [6.07, 6.45) is 1.73. The van der Waals surface area contributed by atoms with Crippen molar-refractivity contribution < 1.29 is 17.9 Å². The Kier molecular flexibility index (Phi) is 6.20. The van der Waals surface area contributed by atoms with Gasteiger partial charge in [0.05, 0.1) is 6.04 Å². The lowest BCUT2D eigenvalue weighted by Crippen LogP contribution is -2.47. The van der Waals surface area contributed by atoms with Crippen LogP contribution in [0.4, 0.5) is 10.5 Å². The number of fused-ring (bicyclic) bond motifs is 2. The Labute approximate surface area is 184 Å². The van der Waals surface area contributed by atoms with E-state index in [1.165, 1.54) is 9.87 Å². The van der Waals surface area contributed by atoms with Gasteiger partial charge in [-0.3, -0.25) is 0 Å². The number of carbonyl (C=O) groups excluding carboxylic acids is 1. The van der Waals surface area contributed by atoms with E-state index in [0.29, 0.717) is 38.2 Å². The maximum absolute atomic E-state index is 13.3. The molecule has 1 N–H and O–H groups in total. The van der Waals surface area contributed by atoms with E-state index in [0.717, 1.165) is 12.1 Å². The number of nitrogens with one attached hydrogen (secondary N) is 1. The highest BCUT2D eigenvalue weighted by Gasteiger charge is 2.42. The first kappa shape index (κ1) is 21.6. The molecule has 0 saturated carbocycles. The Bertz CT molecular complexity index is 1040. The molecule has 2 aromatic rings. The number of sulfonamides is 1. The van der Waals surface area contributed by atoms with Gasteiger partial charge < -0.3 is 15.0 Å². The van der Waals surface area contributed by atoms with E-state index in [-0.39, 0.29) is 23.1 Å². The van der Waals surface area contributed by atoms with Crippen LogP contribution in [0, 0.1) is 0 Å². The van der Waals surface area contributed by atoms with Crippen LogP contribution in [0.3, 0.4) is 0 Å². The van der Waals surface area contributed by atoms with Gasteiger partial charge in [0.25, 0.3) is 0 Å². The zero-order chi connectivity index (χ0) is 22.0. The Hall–Kier alpha value is -2.58. The van der Waals surface area contributed by atoms with Crippen LogP contribution in [0.15, 0.2) is 53.4 Å². The van der Waals surface area contributed by atoms with Crippen molar-refractivity contribution in [3.8, 4) is 5.75 Å². The molecule has 0 unspecified atom stereocenters. The first-order valence-electron chi connectivity index (χ1n) is 10.9. The van der Waals surface area contributed by atoms with Gasteiger partial charge >= 0.3 is 6.03 Å². The molecule has 1 saturated heterocycles. The first-order chi connectivity index (χ1) is 14.9. The summed E-state index contributed by atoms with van der Waals surface area (Å²) in [7, 11) is -3.66. The summed E-state index contributed by atoms with van der Waals surface area (Å²) in [5.74, 6) is 0.391. The molecule has 4 rings (SSSR count). The average Bonchev–Trinajstić information content (AvgIpc) is 3.02. The largest absolute Gasteiger partial charge is 0.487 e. The number of benzene rings is 2. The van der Waals surface area contributed by atoms with Crippen molar-refractivity contribution in [1.29, 1.82) is 0 Å². The summed E-state index contributed by atoms with van der Waals surface area (Å²) in [6.45, 7) is 5.26. The number of carbonyl (C=O) groups is 1. The van der Waals surface area contributed by atoms with E-state index < -0.39 is 10.0 Å². The molecule has 0 aromatic heterocycles. The minimum Gasteiger partial charge on any atom is -0.487 e. The molecule has 2 amide bonds. The number of urea groups is 1. The first-order valence-corrected chi connectivity index (χ1v) is 12.3. The molecule has 0 bridgehead atoms. The van der Waals surface area contributed by atoms with E-state index in [1.54, 1.807) is 29.2 Å². The van der Waals surface area contributed by atoms with Crippen LogP contribution in [0.2, 0.25) is 0 Å². The maximum atomic E-state index is 13.3. The fourth-order valence-corrected chi connectivity index (χ4v) is 6.20. The SMILES string of the molecule is CCc1ccc(NC(=O)N2CC[C@@H]3Oc4ccccc4S(=O)(=O)N(CC)[C@H]3CC2)cc1. The molecule has 166 valence electrons. The van der Waals surface area contributed by atoms with E-state index in [2.05, 4.69) is 12.2 Å². The van der Waals surface area contributed by atoms with Crippen molar-refractivity contribution in [2.75, 3.05) is 25.0 Å². The van der Waals surface area contributed by atoms with Crippen molar-refractivity contribution in [3.05, 3.63) is 54.1 Å². The number of ether oxygens (including phenoxy) is 1. The number of amides is 2. The van der Waals surface area contributed by atoms with E-state index in [4.69, 9.17) is 4.74 Å². The number of nitrogens with zero attached hydrogens (tertiary/aromatic N) is 2. The number of likely N-dealkylation sites (N-methyl/N-ethyl adjacent to an activating group) is 1. The van der Waals surface area contributed by atoms with E-state index in [9.17, 15) is 13.2 Å². The van der Waals surface area contributed by atoms with Gasteiger partial charge in [-0.15, -0.1) is 0 Å². The summed E-state index contributed by atoms with van der Waals surface area (Å²) in [5, 5.41) is 2.96. The van der Waals surface area contributed by atoms with Gasteiger partial charge in [0.15, 0.2) is 0 Å². The molecule has 2 aliphatic rings. The molecule has 0 radical (unpaired) electrons. The molecule has 2 atom stereocenters.